The van der Waals surface area contributed by atoms with Crippen LogP contribution in [0.2, 0.25) is 0 Å². The lowest BCUT2D eigenvalue weighted by Crippen LogP contribution is -2.17. The van der Waals surface area contributed by atoms with E-state index in [4.69, 9.17) is 9.47 Å². The number of H-pyrrole nitrogens is 1. The summed E-state index contributed by atoms with van der Waals surface area (Å²) in [5.74, 6) is 0. The Bertz CT molecular complexity index is 2200. The van der Waals surface area contributed by atoms with Gasteiger partial charge in [0.2, 0.25) is 0 Å². The van der Waals surface area contributed by atoms with E-state index in [-0.39, 0.29) is 28.5 Å². The van der Waals surface area contributed by atoms with Crippen LogP contribution in [0, 0.1) is 0 Å². The summed E-state index contributed by atoms with van der Waals surface area (Å²) in [6, 6.07) is 28.1. The summed E-state index contributed by atoms with van der Waals surface area (Å²) in [5, 5.41) is 5.42. The molecular weight excluding hydrogens is 643 g/mol. The van der Waals surface area contributed by atoms with Gasteiger partial charge in [0.1, 0.15) is 0 Å². The van der Waals surface area contributed by atoms with Crippen LogP contribution < -0.4 is 4.74 Å². The highest BCUT2D eigenvalue weighted by Gasteiger charge is 2.26. The Hall–Kier alpha value is -3.86. The van der Waals surface area contributed by atoms with Crippen molar-refractivity contribution >= 4 is 33.1 Å². The molecule has 1 N–H and O–H groups in total. The minimum atomic E-state index is -0.0458. The lowest BCUT2D eigenvalue weighted by Gasteiger charge is -2.28. The molecule has 3 nitrogen and oxygen atoms in total. The van der Waals surface area contributed by atoms with Crippen molar-refractivity contribution in [2.24, 2.45) is 0 Å². The van der Waals surface area contributed by atoms with E-state index >= 15 is 0 Å². The van der Waals surface area contributed by atoms with Crippen molar-refractivity contribution in [2.75, 3.05) is 13.4 Å². The van der Waals surface area contributed by atoms with Crippen LogP contribution in [0.1, 0.15) is 112 Å². The maximum absolute atomic E-state index is 6.21. The van der Waals surface area contributed by atoms with Gasteiger partial charge in [0, 0.05) is 34.0 Å². The number of hydrogen-bond acceptors (Lipinski definition) is 3. The zero-order valence-corrected chi connectivity index (χ0v) is 34.0. The first-order valence-corrected chi connectivity index (χ1v) is 19.3. The topological polar surface area (TPSA) is 34.2 Å². The highest BCUT2D eigenvalue weighted by atomic mass is 32.1. The van der Waals surface area contributed by atoms with Crippen molar-refractivity contribution in [2.45, 2.75) is 112 Å². The Morgan fingerprint density at radius 1 is 0.549 bits per heavy atom. The summed E-state index contributed by atoms with van der Waals surface area (Å²) in [6.07, 6.45) is 0. The Balaban J connectivity index is 1.64. The van der Waals surface area contributed by atoms with Crippen LogP contribution in [0.5, 0.6) is 5.06 Å². The summed E-state index contributed by atoms with van der Waals surface area (Å²) < 4.78 is 11.8. The molecule has 0 atom stereocenters. The van der Waals surface area contributed by atoms with Gasteiger partial charge < -0.3 is 14.5 Å². The molecule has 0 aliphatic carbocycles. The first-order valence-electron chi connectivity index (χ1n) is 18.5. The number of aromatic amines is 1. The van der Waals surface area contributed by atoms with Gasteiger partial charge in [-0.05, 0) is 109 Å². The molecule has 0 saturated carbocycles. The summed E-state index contributed by atoms with van der Waals surface area (Å²) >= 11 is 1.61. The van der Waals surface area contributed by atoms with Gasteiger partial charge in [-0.15, -0.1) is 11.3 Å². The van der Waals surface area contributed by atoms with Crippen LogP contribution in [-0.4, -0.2) is 18.4 Å². The van der Waals surface area contributed by atoms with Crippen LogP contribution >= 0.6 is 11.3 Å². The van der Waals surface area contributed by atoms with E-state index in [1.54, 1.807) is 11.3 Å². The summed E-state index contributed by atoms with van der Waals surface area (Å²) in [4.78, 5) is 3.85. The molecule has 0 spiro atoms. The lowest BCUT2D eigenvalue weighted by atomic mass is 9.77. The van der Waals surface area contributed by atoms with Gasteiger partial charge >= 0.3 is 0 Å². The standard InChI is InChI=1S/C47H57NO2S/c1-14-49-28-50-43-35(21-22-51-43)37-24-30(34-19-17-32(45(5,6)7)27-40(34)47(11,12)13)25-38-36-23-29(15-20-41(36)48-42(37)38)33-18-16-31(44(2,3)4)26-39(33)46(8,9)10/h15-27,48H,14,28H2,1-13H3. The molecule has 2 heterocycles. The van der Waals surface area contributed by atoms with E-state index in [0.29, 0.717) is 6.61 Å². The molecule has 2 aromatic heterocycles. The van der Waals surface area contributed by atoms with Crippen LogP contribution in [-0.2, 0) is 26.4 Å². The molecule has 0 aliphatic rings. The second-order valence-corrected chi connectivity index (χ2v) is 19.1. The molecule has 6 aromatic rings. The summed E-state index contributed by atoms with van der Waals surface area (Å²) in [6.45, 7) is 30.6. The zero-order valence-electron chi connectivity index (χ0n) is 33.1. The Labute approximate surface area is 310 Å². The van der Waals surface area contributed by atoms with E-state index in [2.05, 4.69) is 166 Å². The van der Waals surface area contributed by atoms with Gasteiger partial charge in [0.15, 0.2) is 11.9 Å². The molecule has 6 rings (SSSR count). The van der Waals surface area contributed by atoms with E-state index in [9.17, 15) is 0 Å². The molecule has 4 aromatic carbocycles. The van der Waals surface area contributed by atoms with Crippen LogP contribution in [0.3, 0.4) is 0 Å². The molecule has 51 heavy (non-hydrogen) atoms. The van der Waals surface area contributed by atoms with Gasteiger partial charge in [-0.1, -0.05) is 126 Å². The summed E-state index contributed by atoms with van der Waals surface area (Å²) in [5.41, 5.74) is 15.0. The van der Waals surface area contributed by atoms with Crippen molar-refractivity contribution in [3.05, 3.63) is 100 Å². The zero-order chi connectivity index (χ0) is 37.1. The first-order chi connectivity index (χ1) is 23.8. The fraction of sp³-hybridized carbons (Fsp3) is 0.404. The predicted octanol–water partition coefficient (Wildman–Crippen LogP) is 13.9. The van der Waals surface area contributed by atoms with Gasteiger partial charge in [-0.2, -0.15) is 0 Å². The Kier molecular flexibility index (Phi) is 9.61. The quantitative estimate of drug-likeness (QED) is 0.133. The Morgan fingerprint density at radius 3 is 1.67 bits per heavy atom. The number of ether oxygens (including phenoxy) is 2. The highest BCUT2D eigenvalue weighted by molar-refractivity contribution is 7.12. The smallest absolute Gasteiger partial charge is 0.190 e. The highest BCUT2D eigenvalue weighted by Crippen LogP contribution is 2.46. The number of hydrogen-bond donors (Lipinski definition) is 1. The Morgan fingerprint density at radius 2 is 1.12 bits per heavy atom. The average molecular weight is 700 g/mol. The van der Waals surface area contributed by atoms with Crippen molar-refractivity contribution < 1.29 is 9.47 Å². The molecule has 0 amide bonds. The van der Waals surface area contributed by atoms with Crippen LogP contribution in [0.15, 0.2) is 78.2 Å². The number of benzene rings is 4. The molecule has 0 saturated heterocycles. The number of aromatic nitrogens is 1. The number of thiophene rings is 1. The first kappa shape index (κ1) is 36.9. The fourth-order valence-electron chi connectivity index (χ4n) is 7.09. The number of nitrogens with one attached hydrogen (secondary N) is 1. The third-order valence-electron chi connectivity index (χ3n) is 10.1. The van der Waals surface area contributed by atoms with Crippen LogP contribution in [0.4, 0.5) is 0 Å². The number of fused-ring (bicyclic) bond motifs is 3. The number of rotatable bonds is 7. The maximum Gasteiger partial charge on any atom is 0.190 e. The predicted molar refractivity (Wildman–Crippen MR) is 222 cm³/mol. The third-order valence-corrected chi connectivity index (χ3v) is 10.9. The molecular formula is C47H57NO2S. The molecule has 268 valence electrons. The van der Waals surface area contributed by atoms with Crippen molar-refractivity contribution in [1.29, 1.82) is 0 Å². The third kappa shape index (κ3) is 7.41. The van der Waals surface area contributed by atoms with Crippen molar-refractivity contribution in [3.8, 4) is 38.4 Å². The SMILES string of the molecule is CCOCOc1sccc1-c1cc(-c2ccc(C(C)(C)C)cc2C(C)(C)C)cc2c1[nH]c1ccc(-c3ccc(C(C)(C)C)cc3C(C)(C)C)cc12. The monoisotopic (exact) mass is 699 g/mol. The van der Waals surface area contributed by atoms with E-state index in [1.165, 1.54) is 55.3 Å². The largest absolute Gasteiger partial charge is 0.457 e. The molecule has 0 bridgehead atoms. The fourth-order valence-corrected chi connectivity index (χ4v) is 7.84. The molecule has 0 radical (unpaired) electrons. The van der Waals surface area contributed by atoms with Gasteiger partial charge in [0.05, 0.1) is 5.52 Å². The second-order valence-electron chi connectivity index (χ2n) is 18.2. The average Bonchev–Trinajstić information content (AvgIpc) is 3.66. The van der Waals surface area contributed by atoms with Crippen molar-refractivity contribution in [1.82, 2.24) is 4.98 Å². The van der Waals surface area contributed by atoms with E-state index < -0.39 is 0 Å². The van der Waals surface area contributed by atoms with Gasteiger partial charge in [-0.3, -0.25) is 0 Å². The van der Waals surface area contributed by atoms with Gasteiger partial charge in [-0.25, -0.2) is 0 Å². The van der Waals surface area contributed by atoms with E-state index in [1.807, 2.05) is 6.92 Å². The molecule has 0 unspecified atom stereocenters. The summed E-state index contributed by atoms with van der Waals surface area (Å²) in [7, 11) is 0. The lowest BCUT2D eigenvalue weighted by molar-refractivity contribution is 0.0250. The normalized spacial score (nSPS) is 13.0. The van der Waals surface area contributed by atoms with Crippen LogP contribution in [0.25, 0.3) is 55.2 Å². The van der Waals surface area contributed by atoms with Crippen molar-refractivity contribution in [3.63, 3.8) is 0 Å². The van der Waals surface area contributed by atoms with Gasteiger partial charge in [0.25, 0.3) is 0 Å². The molecule has 0 aliphatic heterocycles. The minimum Gasteiger partial charge on any atom is -0.457 e. The van der Waals surface area contributed by atoms with E-state index in [0.717, 1.165) is 27.2 Å². The maximum atomic E-state index is 6.21. The second kappa shape index (κ2) is 13.3. The molecule has 0 fully saturated rings. The molecule has 4 heteroatoms. The minimum absolute atomic E-state index is 0.00841.